The molecule has 1 rings (SSSR count). The van der Waals surface area contributed by atoms with Gasteiger partial charge < -0.3 is 45.9 Å². The van der Waals surface area contributed by atoms with Crippen LogP contribution < -0.4 is 16.0 Å². The topological polar surface area (TPSA) is 176 Å². The fourth-order valence-corrected chi connectivity index (χ4v) is 6.64. The van der Waals surface area contributed by atoms with E-state index in [9.17, 15) is 30.0 Å². The molecule has 0 saturated carbocycles. The summed E-state index contributed by atoms with van der Waals surface area (Å²) < 4.78 is 11.0. The number of carbonyl (C=O) groups excluding carboxylic acids is 2. The van der Waals surface area contributed by atoms with E-state index in [0.717, 1.165) is 12.8 Å². The van der Waals surface area contributed by atoms with Crippen molar-refractivity contribution in [2.75, 3.05) is 46.3 Å². The van der Waals surface area contributed by atoms with Crippen LogP contribution in [-0.4, -0.2) is 125 Å². The largest absolute Gasteiger partial charge is 0.472 e. The lowest BCUT2D eigenvalue weighted by Gasteiger charge is -2.31. The highest BCUT2D eigenvalue weighted by molar-refractivity contribution is 5.96. The predicted molar refractivity (Wildman–Crippen MR) is 233 cm³/mol. The third kappa shape index (κ3) is 24.9. The van der Waals surface area contributed by atoms with Crippen LogP contribution in [0.15, 0.2) is 49.1 Å². The molecular weight excluding hydrogens is 739 g/mol. The number of allylic oxidation sites excluding steroid dienone is 3. The van der Waals surface area contributed by atoms with Crippen LogP contribution in [0.25, 0.3) is 0 Å². The summed E-state index contributed by atoms with van der Waals surface area (Å²) in [5.41, 5.74) is 0. The molecule has 1 aliphatic rings. The number of carbonyl (C=O) groups is 2. The van der Waals surface area contributed by atoms with E-state index >= 15 is 0 Å². The maximum absolute atomic E-state index is 13.1. The van der Waals surface area contributed by atoms with E-state index in [4.69, 9.17) is 9.47 Å². The highest BCUT2D eigenvalue weighted by atomic mass is 16.6. The number of nitrogens with zero attached hydrogens (tertiary/aromatic N) is 2. The maximum Gasteiger partial charge on any atom is 0.243 e. The zero-order valence-electron chi connectivity index (χ0n) is 37.6. The normalized spacial score (nSPS) is 20.5. The number of aliphatic hydroxyl groups excluding tert-OH is 4. The minimum Gasteiger partial charge on any atom is -0.472 e. The predicted octanol–water partition coefficient (Wildman–Crippen LogP) is 4.89. The van der Waals surface area contributed by atoms with Crippen molar-refractivity contribution >= 4 is 11.8 Å². The van der Waals surface area contributed by atoms with Crippen LogP contribution in [0.2, 0.25) is 0 Å². The Hall–Kier alpha value is -2.94. The highest BCUT2D eigenvalue weighted by Crippen LogP contribution is 2.16. The van der Waals surface area contributed by atoms with E-state index in [-0.39, 0.29) is 42.7 Å². The average Bonchev–Trinajstić information content (AvgIpc) is 3.13. The summed E-state index contributed by atoms with van der Waals surface area (Å²) in [6.07, 6.45) is 15.9. The number of piperazine rings is 1. The van der Waals surface area contributed by atoms with Crippen LogP contribution in [0.5, 0.6) is 0 Å². The van der Waals surface area contributed by atoms with Gasteiger partial charge in [0.05, 0.1) is 37.8 Å². The maximum atomic E-state index is 13.1. The molecule has 0 aromatic carbocycles. The molecule has 1 fully saturated rings. The quantitative estimate of drug-likeness (QED) is 0.0213. The summed E-state index contributed by atoms with van der Waals surface area (Å²) >= 11 is 0. The van der Waals surface area contributed by atoms with Crippen molar-refractivity contribution in [2.45, 2.75) is 144 Å². The Morgan fingerprint density at radius 2 is 1.07 bits per heavy atom. The molecule has 1 heterocycles. The van der Waals surface area contributed by atoms with E-state index < -0.39 is 36.9 Å². The van der Waals surface area contributed by atoms with E-state index in [1.165, 1.54) is 6.26 Å². The molecule has 336 valence electrons. The second-order valence-electron chi connectivity index (χ2n) is 17.5. The number of hydrogen-bond donors (Lipinski definition) is 7. The van der Waals surface area contributed by atoms with Gasteiger partial charge in [0.25, 0.3) is 0 Å². The lowest BCUT2D eigenvalue weighted by atomic mass is 9.99. The molecule has 0 aliphatic carbocycles. The van der Waals surface area contributed by atoms with Crippen LogP contribution in [0.1, 0.15) is 107 Å². The fourth-order valence-electron chi connectivity index (χ4n) is 6.64. The summed E-state index contributed by atoms with van der Waals surface area (Å²) in [6, 6.07) is -1.25. The molecule has 9 unspecified atom stereocenters. The molecule has 9 atom stereocenters. The number of hydrogen-bond acceptors (Lipinski definition) is 11. The van der Waals surface area contributed by atoms with Gasteiger partial charge in [-0.05, 0) is 100 Å². The Bertz CT molecular complexity index is 1230. The van der Waals surface area contributed by atoms with Crippen molar-refractivity contribution in [3.05, 3.63) is 49.1 Å². The number of amides is 2. The Morgan fingerprint density at radius 3 is 1.52 bits per heavy atom. The van der Waals surface area contributed by atoms with Gasteiger partial charge in [-0.3, -0.25) is 19.4 Å². The molecule has 2 amide bonds. The first-order valence-corrected chi connectivity index (χ1v) is 21.9. The van der Waals surface area contributed by atoms with E-state index in [0.29, 0.717) is 76.0 Å². The Balaban J connectivity index is 2.70. The van der Waals surface area contributed by atoms with E-state index in [1.807, 2.05) is 70.1 Å². The zero-order chi connectivity index (χ0) is 43.6. The summed E-state index contributed by atoms with van der Waals surface area (Å²) in [7, 11) is 1.81. The molecule has 0 aromatic heterocycles. The third-order valence-corrected chi connectivity index (χ3v) is 10.2. The van der Waals surface area contributed by atoms with Crippen LogP contribution in [0.3, 0.4) is 0 Å². The lowest BCUT2D eigenvalue weighted by Crippen LogP contribution is -2.61. The minimum absolute atomic E-state index is 0.0374. The number of aliphatic hydroxyl groups is 4. The Labute approximate surface area is 351 Å². The van der Waals surface area contributed by atoms with Crippen molar-refractivity contribution in [1.29, 1.82) is 0 Å². The number of unbranched alkanes of at least 4 members (excludes halogenated alkanes) is 2. The number of ether oxygens (including phenoxy) is 2. The van der Waals surface area contributed by atoms with E-state index in [2.05, 4.69) is 61.5 Å². The minimum atomic E-state index is -1.10. The third-order valence-electron chi connectivity index (χ3n) is 10.2. The van der Waals surface area contributed by atoms with Crippen molar-refractivity contribution in [1.82, 2.24) is 25.8 Å². The average molecular weight is 822 g/mol. The molecule has 13 heteroatoms. The van der Waals surface area contributed by atoms with Gasteiger partial charge >= 0.3 is 0 Å². The van der Waals surface area contributed by atoms with Crippen molar-refractivity contribution in [3.63, 3.8) is 0 Å². The number of rotatable bonds is 32. The first kappa shape index (κ1) is 53.1. The molecule has 1 aliphatic heterocycles. The first-order valence-electron chi connectivity index (χ1n) is 21.9. The SMILES string of the molecule is CN/C=C\C(C)C(O)CN(CCCCC1NC(=O)C(CCCCN(CC(O)O/C=C\C(C)C)CC(O)O/C=C\C(C)CC(C)C)NC1=O)CC(O)C(C)/C=C\C(C)C. The standard InChI is InChI=1S/C45H83N5O8/c1-32(2)17-18-36(8)40(51)28-49(29-41(52)37(9)19-22-46-10)23-13-11-15-38-44(55)48-39(45(56)47-38)16-12-14-24-50(30-42(53)57-25-20-33(3)4)31-43(54)58-26-21-35(7)27-34(5)6/h17-22,25-26,32-43,46,51-54H,11-16,23-24,27-31H2,1-10H3,(H,47,56)(H,48,55)/b18-17-,22-19-,25-20-,26-21-. The molecule has 0 bridgehead atoms. The zero-order valence-corrected chi connectivity index (χ0v) is 37.6. The van der Waals surface area contributed by atoms with Gasteiger partial charge in [0, 0.05) is 32.0 Å². The first-order chi connectivity index (χ1) is 27.4. The Morgan fingerprint density at radius 1 is 0.621 bits per heavy atom. The Kier molecular flexibility index (Phi) is 27.6. The lowest BCUT2D eigenvalue weighted by molar-refractivity contribution is -0.137. The molecule has 0 spiro atoms. The fraction of sp³-hybridized carbons (Fsp3) is 0.778. The number of nitrogens with one attached hydrogen (secondary N) is 3. The van der Waals surface area contributed by atoms with Gasteiger partial charge in [-0.25, -0.2) is 0 Å². The smallest absolute Gasteiger partial charge is 0.243 e. The summed E-state index contributed by atoms with van der Waals surface area (Å²) in [5.74, 6) is 1.02. The molecule has 0 radical (unpaired) electrons. The molecule has 7 N–H and O–H groups in total. The van der Waals surface area contributed by atoms with Gasteiger partial charge in [-0.2, -0.15) is 0 Å². The van der Waals surface area contributed by atoms with Crippen LogP contribution in [0.4, 0.5) is 0 Å². The molecule has 13 nitrogen and oxygen atoms in total. The highest BCUT2D eigenvalue weighted by Gasteiger charge is 2.33. The molecular formula is C45H83N5O8. The molecule has 58 heavy (non-hydrogen) atoms. The van der Waals surface area contributed by atoms with Gasteiger partial charge in [-0.15, -0.1) is 0 Å². The van der Waals surface area contributed by atoms with Crippen molar-refractivity contribution in [2.24, 2.45) is 35.5 Å². The summed E-state index contributed by atoms with van der Waals surface area (Å²) in [6.45, 7) is 20.9. The van der Waals surface area contributed by atoms with Crippen LogP contribution in [-0.2, 0) is 19.1 Å². The van der Waals surface area contributed by atoms with Gasteiger partial charge in [0.1, 0.15) is 12.1 Å². The molecule has 1 saturated heterocycles. The van der Waals surface area contributed by atoms with Crippen molar-refractivity contribution in [3.8, 4) is 0 Å². The monoisotopic (exact) mass is 822 g/mol. The second kappa shape index (κ2) is 30.1. The summed E-state index contributed by atoms with van der Waals surface area (Å²) in [5, 5.41) is 51.8. The van der Waals surface area contributed by atoms with Gasteiger partial charge in [0.2, 0.25) is 24.4 Å². The second-order valence-corrected chi connectivity index (χ2v) is 17.5. The molecule has 0 aromatic rings. The summed E-state index contributed by atoms with van der Waals surface area (Å²) in [4.78, 5) is 30.1. The van der Waals surface area contributed by atoms with Crippen molar-refractivity contribution < 1.29 is 39.5 Å². The van der Waals surface area contributed by atoms with Gasteiger partial charge in [-0.1, -0.05) is 80.5 Å². The van der Waals surface area contributed by atoms with Crippen LogP contribution >= 0.6 is 0 Å². The van der Waals surface area contributed by atoms with E-state index in [1.54, 1.807) is 6.26 Å². The van der Waals surface area contributed by atoms with Gasteiger partial charge in [0.15, 0.2) is 0 Å². The van der Waals surface area contributed by atoms with Crippen LogP contribution in [0, 0.1) is 35.5 Å².